The first kappa shape index (κ1) is 13.6. The Kier molecular flexibility index (Phi) is 2.98. The van der Waals surface area contributed by atoms with Crippen LogP contribution in [0, 0.1) is 6.92 Å². The molecule has 4 nitrogen and oxygen atoms in total. The molecule has 0 aliphatic carbocycles. The van der Waals surface area contributed by atoms with E-state index in [9.17, 15) is 4.79 Å². The molecule has 2 heterocycles. The Balaban J connectivity index is 2.07. The molecule has 2 aromatic carbocycles. The van der Waals surface area contributed by atoms with Crippen LogP contribution in [0.3, 0.4) is 0 Å². The minimum absolute atomic E-state index is 0.416. The second kappa shape index (κ2) is 5.02. The van der Waals surface area contributed by atoms with Crippen LogP contribution in [0.4, 0.5) is 0 Å². The maximum atomic E-state index is 12.0. The van der Waals surface area contributed by atoms with E-state index in [4.69, 9.17) is 13.6 Å². The van der Waals surface area contributed by atoms with Crippen molar-refractivity contribution in [3.05, 3.63) is 64.5 Å². The molecule has 0 radical (unpaired) electrons. The first-order chi connectivity index (χ1) is 11.2. The van der Waals surface area contributed by atoms with Crippen molar-refractivity contribution in [3.8, 4) is 17.1 Å². The standard InChI is InChI=1S/C19H14O4/c1-11-13-5-3-4-6-16(13)23-19(11)15-10-18(20)22-17-9-12(21-2)7-8-14(15)17/h3-10H,1-2H3. The summed E-state index contributed by atoms with van der Waals surface area (Å²) >= 11 is 0. The number of benzene rings is 2. The van der Waals surface area contributed by atoms with Crippen LogP contribution >= 0.6 is 0 Å². The van der Waals surface area contributed by atoms with Gasteiger partial charge in [-0.3, -0.25) is 0 Å². The van der Waals surface area contributed by atoms with Gasteiger partial charge in [-0.25, -0.2) is 4.79 Å². The number of para-hydroxylation sites is 1. The van der Waals surface area contributed by atoms with E-state index in [-0.39, 0.29) is 0 Å². The van der Waals surface area contributed by atoms with E-state index in [1.807, 2.05) is 43.3 Å². The van der Waals surface area contributed by atoms with Gasteiger partial charge >= 0.3 is 5.63 Å². The van der Waals surface area contributed by atoms with Gasteiger partial charge in [-0.05, 0) is 25.1 Å². The van der Waals surface area contributed by atoms with Gasteiger partial charge in [0.1, 0.15) is 22.7 Å². The lowest BCUT2D eigenvalue weighted by Gasteiger charge is -2.05. The molecule has 0 amide bonds. The van der Waals surface area contributed by atoms with Crippen molar-refractivity contribution < 1.29 is 13.6 Å². The Hall–Kier alpha value is -3.01. The summed E-state index contributed by atoms with van der Waals surface area (Å²) in [5, 5.41) is 1.85. The van der Waals surface area contributed by atoms with Crippen molar-refractivity contribution in [2.45, 2.75) is 6.92 Å². The summed E-state index contributed by atoms with van der Waals surface area (Å²) in [6.07, 6.45) is 0. The zero-order valence-corrected chi connectivity index (χ0v) is 12.8. The van der Waals surface area contributed by atoms with Gasteiger partial charge in [0, 0.05) is 34.0 Å². The summed E-state index contributed by atoms with van der Waals surface area (Å²) in [7, 11) is 1.58. The fraction of sp³-hybridized carbons (Fsp3) is 0.105. The van der Waals surface area contributed by atoms with Crippen LogP contribution in [0.5, 0.6) is 5.75 Å². The summed E-state index contributed by atoms with van der Waals surface area (Å²) in [5.74, 6) is 1.33. The number of ether oxygens (including phenoxy) is 1. The highest BCUT2D eigenvalue weighted by Gasteiger charge is 2.16. The van der Waals surface area contributed by atoms with E-state index in [2.05, 4.69) is 0 Å². The molecule has 0 spiro atoms. The molecule has 0 N–H and O–H groups in total. The van der Waals surface area contributed by atoms with Gasteiger partial charge in [-0.2, -0.15) is 0 Å². The lowest BCUT2D eigenvalue weighted by atomic mass is 10.0. The van der Waals surface area contributed by atoms with Crippen molar-refractivity contribution in [2.75, 3.05) is 7.11 Å². The first-order valence-corrected chi connectivity index (χ1v) is 7.28. The topological polar surface area (TPSA) is 52.6 Å². The number of rotatable bonds is 2. The van der Waals surface area contributed by atoms with Gasteiger partial charge in [0.25, 0.3) is 0 Å². The Labute approximate surface area is 131 Å². The third-order valence-electron chi connectivity index (χ3n) is 4.04. The van der Waals surface area contributed by atoms with Gasteiger partial charge in [0.2, 0.25) is 0 Å². The quantitative estimate of drug-likeness (QED) is 0.511. The van der Waals surface area contributed by atoms with Crippen LogP contribution in [0.2, 0.25) is 0 Å². The van der Waals surface area contributed by atoms with Crippen LogP contribution in [0.25, 0.3) is 33.3 Å². The number of hydrogen-bond acceptors (Lipinski definition) is 4. The van der Waals surface area contributed by atoms with Gasteiger partial charge < -0.3 is 13.6 Å². The maximum Gasteiger partial charge on any atom is 0.336 e. The van der Waals surface area contributed by atoms with Crippen molar-refractivity contribution in [2.24, 2.45) is 0 Å². The van der Waals surface area contributed by atoms with E-state index < -0.39 is 5.63 Å². The smallest absolute Gasteiger partial charge is 0.336 e. The highest BCUT2D eigenvalue weighted by atomic mass is 16.5. The molecule has 2 aromatic heterocycles. The van der Waals surface area contributed by atoms with Crippen LogP contribution in [-0.4, -0.2) is 7.11 Å². The average Bonchev–Trinajstić information content (AvgIpc) is 2.90. The predicted octanol–water partition coefficient (Wildman–Crippen LogP) is 4.52. The molecule has 0 aliphatic heterocycles. The van der Waals surface area contributed by atoms with Gasteiger partial charge in [-0.1, -0.05) is 18.2 Å². The molecule has 0 atom stereocenters. The monoisotopic (exact) mass is 306 g/mol. The van der Waals surface area contributed by atoms with Crippen LogP contribution in [0.15, 0.2) is 62.2 Å². The molecular formula is C19H14O4. The SMILES string of the molecule is COc1ccc2c(-c3oc4ccccc4c3C)cc(=O)oc2c1. The zero-order chi connectivity index (χ0) is 16.0. The molecule has 114 valence electrons. The number of hydrogen-bond donors (Lipinski definition) is 0. The normalized spacial score (nSPS) is 11.2. The largest absolute Gasteiger partial charge is 0.497 e. The second-order valence-electron chi connectivity index (χ2n) is 5.39. The van der Waals surface area contributed by atoms with Crippen LogP contribution < -0.4 is 10.4 Å². The number of furan rings is 1. The number of fused-ring (bicyclic) bond motifs is 2. The second-order valence-corrected chi connectivity index (χ2v) is 5.39. The Morgan fingerprint density at radius 1 is 0.913 bits per heavy atom. The summed E-state index contributed by atoms with van der Waals surface area (Å²) in [6, 6.07) is 14.7. The Bertz CT molecular complexity index is 1090. The average molecular weight is 306 g/mol. The third-order valence-corrected chi connectivity index (χ3v) is 4.04. The van der Waals surface area contributed by atoms with E-state index >= 15 is 0 Å². The molecule has 0 fully saturated rings. The molecule has 0 bridgehead atoms. The van der Waals surface area contributed by atoms with Gasteiger partial charge in [0.15, 0.2) is 0 Å². The van der Waals surface area contributed by atoms with E-state index in [1.54, 1.807) is 13.2 Å². The lowest BCUT2D eigenvalue weighted by molar-refractivity contribution is 0.414. The molecule has 4 heteroatoms. The summed E-state index contributed by atoms with van der Waals surface area (Å²) in [6.45, 7) is 1.99. The lowest BCUT2D eigenvalue weighted by Crippen LogP contribution is -1.98. The minimum atomic E-state index is -0.416. The van der Waals surface area contributed by atoms with Gasteiger partial charge in [-0.15, -0.1) is 0 Å². The van der Waals surface area contributed by atoms with E-state index in [1.165, 1.54) is 6.07 Å². The van der Waals surface area contributed by atoms with Crippen LogP contribution in [0.1, 0.15) is 5.56 Å². The van der Waals surface area contributed by atoms with Gasteiger partial charge in [0.05, 0.1) is 7.11 Å². The maximum absolute atomic E-state index is 12.0. The van der Waals surface area contributed by atoms with E-state index in [0.717, 1.165) is 27.5 Å². The molecule has 4 rings (SSSR count). The highest BCUT2D eigenvalue weighted by Crippen LogP contribution is 2.36. The highest BCUT2D eigenvalue weighted by molar-refractivity contribution is 5.97. The fourth-order valence-electron chi connectivity index (χ4n) is 2.89. The Morgan fingerprint density at radius 2 is 1.74 bits per heavy atom. The summed E-state index contributed by atoms with van der Waals surface area (Å²) < 4.78 is 16.5. The molecule has 23 heavy (non-hydrogen) atoms. The van der Waals surface area contributed by atoms with Crippen molar-refractivity contribution >= 4 is 21.9 Å². The third kappa shape index (κ3) is 2.11. The van der Waals surface area contributed by atoms with Crippen molar-refractivity contribution in [3.63, 3.8) is 0 Å². The Morgan fingerprint density at radius 3 is 2.52 bits per heavy atom. The first-order valence-electron chi connectivity index (χ1n) is 7.28. The molecule has 0 aliphatic rings. The number of methoxy groups -OCH3 is 1. The molecule has 0 saturated heterocycles. The predicted molar refractivity (Wildman–Crippen MR) is 89.0 cm³/mol. The van der Waals surface area contributed by atoms with Crippen LogP contribution in [-0.2, 0) is 0 Å². The summed E-state index contributed by atoms with van der Waals surface area (Å²) in [5.41, 5.74) is 2.60. The van der Waals surface area contributed by atoms with E-state index in [0.29, 0.717) is 17.1 Å². The molecule has 0 unspecified atom stereocenters. The minimum Gasteiger partial charge on any atom is -0.497 e. The van der Waals surface area contributed by atoms with Crippen molar-refractivity contribution in [1.29, 1.82) is 0 Å². The molecule has 4 aromatic rings. The fourth-order valence-corrected chi connectivity index (χ4v) is 2.89. The number of aryl methyl sites for hydroxylation is 1. The van der Waals surface area contributed by atoms with Crippen molar-refractivity contribution in [1.82, 2.24) is 0 Å². The summed E-state index contributed by atoms with van der Waals surface area (Å²) in [4.78, 5) is 12.0. The molecule has 0 saturated carbocycles. The molecular weight excluding hydrogens is 292 g/mol. The zero-order valence-electron chi connectivity index (χ0n) is 12.8.